The highest BCUT2D eigenvalue weighted by Gasteiger charge is 2.59. The molecule has 0 radical (unpaired) electrons. The zero-order chi connectivity index (χ0) is 13.6. The van der Waals surface area contributed by atoms with Gasteiger partial charge < -0.3 is 5.11 Å². The van der Waals surface area contributed by atoms with Crippen LogP contribution in [0.3, 0.4) is 0 Å². The standard InChI is InChI=1S/C13H10N2O4/c16-11(17)2-1-7-3-4-14-10(5-7)15-12(18)8-6-9(8)13(15)19/h1-5,8-9H,6H2,(H,16,17)/b2-1+. The number of imide groups is 1. The van der Waals surface area contributed by atoms with Crippen LogP contribution in [0.5, 0.6) is 0 Å². The van der Waals surface area contributed by atoms with Crippen molar-refractivity contribution in [3.63, 3.8) is 0 Å². The van der Waals surface area contributed by atoms with Gasteiger partial charge in [0.1, 0.15) is 5.82 Å². The fraction of sp³-hybridized carbons (Fsp3) is 0.231. The quantitative estimate of drug-likeness (QED) is 0.636. The van der Waals surface area contributed by atoms with Crippen LogP contribution in [0.2, 0.25) is 0 Å². The first-order chi connectivity index (χ1) is 9.08. The van der Waals surface area contributed by atoms with Crippen molar-refractivity contribution in [2.75, 3.05) is 4.90 Å². The Morgan fingerprint density at radius 2 is 2.05 bits per heavy atom. The molecule has 2 amide bonds. The van der Waals surface area contributed by atoms with Gasteiger partial charge in [-0.1, -0.05) is 0 Å². The lowest BCUT2D eigenvalue weighted by molar-refractivity contribution is -0.131. The van der Waals surface area contributed by atoms with Crippen LogP contribution in [0.25, 0.3) is 6.08 Å². The van der Waals surface area contributed by atoms with Crippen molar-refractivity contribution < 1.29 is 19.5 Å². The van der Waals surface area contributed by atoms with E-state index in [1.54, 1.807) is 6.07 Å². The molecule has 19 heavy (non-hydrogen) atoms. The molecular formula is C13H10N2O4. The largest absolute Gasteiger partial charge is 0.478 e. The van der Waals surface area contributed by atoms with Crippen molar-refractivity contribution in [1.82, 2.24) is 4.98 Å². The minimum Gasteiger partial charge on any atom is -0.478 e. The maximum Gasteiger partial charge on any atom is 0.328 e. The summed E-state index contributed by atoms with van der Waals surface area (Å²) in [4.78, 5) is 39.3. The summed E-state index contributed by atoms with van der Waals surface area (Å²) in [6.45, 7) is 0. The molecule has 1 aromatic heterocycles. The van der Waals surface area contributed by atoms with E-state index in [1.807, 2.05) is 0 Å². The molecule has 0 bridgehead atoms. The molecular weight excluding hydrogens is 248 g/mol. The van der Waals surface area contributed by atoms with E-state index >= 15 is 0 Å². The number of carboxylic acid groups (broad SMARTS) is 1. The summed E-state index contributed by atoms with van der Waals surface area (Å²) in [5.41, 5.74) is 0.577. The lowest BCUT2D eigenvalue weighted by atomic mass is 10.2. The molecule has 1 aliphatic carbocycles. The number of fused-ring (bicyclic) bond motifs is 1. The van der Waals surface area contributed by atoms with Gasteiger partial charge in [-0.2, -0.15) is 0 Å². The Morgan fingerprint density at radius 3 is 2.68 bits per heavy atom. The van der Waals surface area contributed by atoms with E-state index in [-0.39, 0.29) is 29.5 Å². The van der Waals surface area contributed by atoms with Gasteiger partial charge in [0.05, 0.1) is 11.8 Å². The van der Waals surface area contributed by atoms with Crippen LogP contribution in [0.1, 0.15) is 12.0 Å². The molecule has 1 aromatic rings. The highest BCUT2D eigenvalue weighted by Crippen LogP contribution is 2.48. The average molecular weight is 258 g/mol. The first kappa shape index (κ1) is 11.6. The number of hydrogen-bond acceptors (Lipinski definition) is 4. The second-order valence-corrected chi connectivity index (χ2v) is 4.58. The Bertz CT molecular complexity index is 603. The maximum atomic E-state index is 11.9. The Kier molecular flexibility index (Phi) is 2.45. The van der Waals surface area contributed by atoms with Gasteiger partial charge in [0.15, 0.2) is 0 Å². The third kappa shape index (κ3) is 1.91. The molecule has 1 saturated heterocycles. The minimum absolute atomic E-state index is 0.174. The summed E-state index contributed by atoms with van der Waals surface area (Å²) >= 11 is 0. The van der Waals surface area contributed by atoms with Gasteiger partial charge in [0.2, 0.25) is 11.8 Å². The number of carboxylic acids is 1. The van der Waals surface area contributed by atoms with Crippen LogP contribution < -0.4 is 4.90 Å². The summed E-state index contributed by atoms with van der Waals surface area (Å²) in [6.07, 6.45) is 4.47. The van der Waals surface area contributed by atoms with Crippen LogP contribution >= 0.6 is 0 Å². The second kappa shape index (κ2) is 4.01. The fourth-order valence-electron chi connectivity index (χ4n) is 2.23. The number of rotatable bonds is 3. The minimum atomic E-state index is -1.06. The van der Waals surface area contributed by atoms with E-state index in [1.165, 1.54) is 18.3 Å². The van der Waals surface area contributed by atoms with Crippen molar-refractivity contribution >= 4 is 29.7 Å². The van der Waals surface area contributed by atoms with Crippen LogP contribution in [0.4, 0.5) is 5.82 Å². The summed E-state index contributed by atoms with van der Waals surface area (Å²) in [5, 5.41) is 8.56. The third-order valence-corrected chi connectivity index (χ3v) is 3.28. The van der Waals surface area contributed by atoms with Crippen LogP contribution in [0.15, 0.2) is 24.4 Å². The molecule has 0 spiro atoms. The number of piperidine rings is 1. The molecule has 2 atom stereocenters. The monoisotopic (exact) mass is 258 g/mol. The molecule has 2 aliphatic rings. The first-order valence-corrected chi connectivity index (χ1v) is 5.83. The van der Waals surface area contributed by atoms with Crippen molar-refractivity contribution in [2.24, 2.45) is 11.8 Å². The Balaban J connectivity index is 1.89. The lowest BCUT2D eigenvalue weighted by Gasteiger charge is -2.15. The normalized spacial score (nSPS) is 24.9. The van der Waals surface area contributed by atoms with E-state index in [4.69, 9.17) is 5.11 Å². The molecule has 2 unspecified atom stereocenters. The van der Waals surface area contributed by atoms with Crippen LogP contribution in [-0.2, 0) is 14.4 Å². The average Bonchev–Trinajstić information content (AvgIpc) is 3.12. The van der Waals surface area contributed by atoms with E-state index < -0.39 is 5.97 Å². The number of amides is 2. The Hall–Kier alpha value is -2.50. The molecule has 1 saturated carbocycles. The SMILES string of the molecule is O=C(O)/C=C/c1ccnc(N2C(=O)C3CC3C2=O)c1. The number of carbonyl (C=O) groups excluding carboxylic acids is 2. The smallest absolute Gasteiger partial charge is 0.328 e. The van der Waals surface area contributed by atoms with Gasteiger partial charge in [-0.3, -0.25) is 9.59 Å². The van der Waals surface area contributed by atoms with Gasteiger partial charge in [-0.15, -0.1) is 0 Å². The number of pyridine rings is 1. The molecule has 2 heterocycles. The maximum absolute atomic E-state index is 11.9. The van der Waals surface area contributed by atoms with E-state index in [2.05, 4.69) is 4.98 Å². The molecule has 3 rings (SSSR count). The Morgan fingerprint density at radius 1 is 1.37 bits per heavy atom. The molecule has 1 N–H and O–H groups in total. The van der Waals surface area contributed by atoms with E-state index in [9.17, 15) is 14.4 Å². The summed E-state index contributed by atoms with van der Waals surface area (Å²) < 4.78 is 0. The van der Waals surface area contributed by atoms with Crippen molar-refractivity contribution in [3.8, 4) is 0 Å². The zero-order valence-corrected chi connectivity index (χ0v) is 9.81. The second-order valence-electron chi connectivity index (χ2n) is 4.58. The molecule has 6 nitrogen and oxygen atoms in total. The topological polar surface area (TPSA) is 87.6 Å². The van der Waals surface area contributed by atoms with Gasteiger partial charge in [-0.05, 0) is 30.2 Å². The molecule has 2 fully saturated rings. The summed E-state index contributed by atoms with van der Waals surface area (Å²) in [6, 6.07) is 3.13. The predicted molar refractivity (Wildman–Crippen MR) is 65.0 cm³/mol. The fourth-order valence-corrected chi connectivity index (χ4v) is 2.23. The zero-order valence-electron chi connectivity index (χ0n) is 9.81. The number of nitrogens with zero attached hydrogens (tertiary/aromatic N) is 2. The number of aliphatic carboxylic acids is 1. The van der Waals surface area contributed by atoms with Crippen LogP contribution in [0, 0.1) is 11.8 Å². The number of aromatic nitrogens is 1. The highest BCUT2D eigenvalue weighted by atomic mass is 16.4. The van der Waals surface area contributed by atoms with Crippen molar-refractivity contribution in [2.45, 2.75) is 6.42 Å². The molecule has 0 aromatic carbocycles. The summed E-state index contributed by atoms with van der Waals surface area (Å²) in [7, 11) is 0. The molecule has 1 aliphatic heterocycles. The first-order valence-electron chi connectivity index (χ1n) is 5.83. The van der Waals surface area contributed by atoms with Gasteiger partial charge >= 0.3 is 5.97 Å². The number of anilines is 1. The number of hydrogen-bond donors (Lipinski definition) is 1. The highest BCUT2D eigenvalue weighted by molar-refractivity contribution is 6.24. The lowest BCUT2D eigenvalue weighted by Crippen LogP contribution is -2.33. The number of carbonyl (C=O) groups is 3. The van der Waals surface area contributed by atoms with E-state index in [0.717, 1.165) is 11.0 Å². The van der Waals surface area contributed by atoms with Crippen molar-refractivity contribution in [1.29, 1.82) is 0 Å². The van der Waals surface area contributed by atoms with Gasteiger partial charge in [0, 0.05) is 12.3 Å². The van der Waals surface area contributed by atoms with Gasteiger partial charge in [-0.25, -0.2) is 14.7 Å². The summed E-state index contributed by atoms with van der Waals surface area (Å²) in [5.74, 6) is -1.56. The molecule has 6 heteroatoms. The van der Waals surface area contributed by atoms with Crippen molar-refractivity contribution in [3.05, 3.63) is 30.0 Å². The van der Waals surface area contributed by atoms with E-state index in [0.29, 0.717) is 12.0 Å². The molecule has 96 valence electrons. The predicted octanol–water partition coefficient (Wildman–Crippen LogP) is 0.689. The Labute approximate surface area is 108 Å². The third-order valence-electron chi connectivity index (χ3n) is 3.28. The van der Waals surface area contributed by atoms with Gasteiger partial charge in [0.25, 0.3) is 0 Å². The van der Waals surface area contributed by atoms with Crippen LogP contribution in [-0.4, -0.2) is 27.9 Å².